The number of fused-ring (bicyclic) bond motifs is 2. The third-order valence-electron chi connectivity index (χ3n) is 5.12. The SMILES string of the molecule is Cc1cc(NC(C)C(=O)N/N=C/c2c3ccccc3cc3ccccc23)ccc1I. The zero-order valence-electron chi connectivity index (χ0n) is 16.8. The molecule has 0 aromatic heterocycles. The fourth-order valence-corrected chi connectivity index (χ4v) is 3.83. The topological polar surface area (TPSA) is 53.5 Å². The average Bonchev–Trinajstić information content (AvgIpc) is 2.75. The summed E-state index contributed by atoms with van der Waals surface area (Å²) in [5, 5.41) is 12.0. The van der Waals surface area contributed by atoms with Gasteiger partial charge in [-0.1, -0.05) is 48.5 Å². The number of amides is 1. The lowest BCUT2D eigenvalue weighted by Gasteiger charge is -2.14. The van der Waals surface area contributed by atoms with Gasteiger partial charge < -0.3 is 5.32 Å². The van der Waals surface area contributed by atoms with E-state index in [9.17, 15) is 4.79 Å². The van der Waals surface area contributed by atoms with Crippen LogP contribution in [0.4, 0.5) is 5.69 Å². The van der Waals surface area contributed by atoms with Gasteiger partial charge in [0.05, 0.1) is 6.21 Å². The highest BCUT2D eigenvalue weighted by molar-refractivity contribution is 14.1. The zero-order valence-corrected chi connectivity index (χ0v) is 19.0. The largest absolute Gasteiger partial charge is 0.374 e. The van der Waals surface area contributed by atoms with E-state index in [2.05, 4.69) is 75.7 Å². The van der Waals surface area contributed by atoms with Crippen molar-refractivity contribution >= 4 is 61.9 Å². The van der Waals surface area contributed by atoms with Gasteiger partial charge in [-0.2, -0.15) is 5.10 Å². The molecule has 4 rings (SSSR count). The summed E-state index contributed by atoms with van der Waals surface area (Å²) in [5.41, 5.74) is 5.76. The summed E-state index contributed by atoms with van der Waals surface area (Å²) >= 11 is 2.30. The van der Waals surface area contributed by atoms with E-state index in [4.69, 9.17) is 0 Å². The second-order valence-corrected chi connectivity index (χ2v) is 8.46. The predicted octanol–water partition coefficient (Wildman–Crippen LogP) is 5.86. The van der Waals surface area contributed by atoms with Gasteiger partial charge in [-0.05, 0) is 87.8 Å². The van der Waals surface area contributed by atoms with Crippen molar-refractivity contribution in [3.8, 4) is 0 Å². The van der Waals surface area contributed by atoms with E-state index in [0.717, 1.165) is 32.8 Å². The highest BCUT2D eigenvalue weighted by Crippen LogP contribution is 2.27. The fraction of sp³-hybridized carbons (Fsp3) is 0.120. The quantitative estimate of drug-likeness (QED) is 0.154. The molecular weight excluding hydrogens is 485 g/mol. The van der Waals surface area contributed by atoms with E-state index in [-0.39, 0.29) is 5.91 Å². The predicted molar refractivity (Wildman–Crippen MR) is 134 cm³/mol. The van der Waals surface area contributed by atoms with Crippen molar-refractivity contribution in [1.82, 2.24) is 5.43 Å². The number of aryl methyl sites for hydroxylation is 1. The Bertz CT molecular complexity index is 1210. The van der Waals surface area contributed by atoms with Gasteiger partial charge in [-0.25, -0.2) is 5.43 Å². The molecule has 150 valence electrons. The molecule has 0 aliphatic heterocycles. The van der Waals surface area contributed by atoms with Crippen molar-refractivity contribution in [3.05, 3.63) is 87.5 Å². The van der Waals surface area contributed by atoms with Gasteiger partial charge in [0, 0.05) is 14.8 Å². The van der Waals surface area contributed by atoms with Crippen LogP contribution in [0.5, 0.6) is 0 Å². The lowest BCUT2D eigenvalue weighted by molar-refractivity contribution is -0.121. The first-order valence-corrected chi connectivity index (χ1v) is 10.9. The van der Waals surface area contributed by atoms with Crippen molar-refractivity contribution in [3.63, 3.8) is 0 Å². The minimum atomic E-state index is -0.411. The molecule has 0 bridgehead atoms. The summed E-state index contributed by atoms with van der Waals surface area (Å²) in [5.74, 6) is -0.188. The van der Waals surface area contributed by atoms with Crippen LogP contribution in [-0.4, -0.2) is 18.2 Å². The van der Waals surface area contributed by atoms with E-state index >= 15 is 0 Å². The molecule has 5 heteroatoms. The number of hydrogen-bond acceptors (Lipinski definition) is 3. The molecule has 0 fully saturated rings. The van der Waals surface area contributed by atoms with Crippen LogP contribution < -0.4 is 10.7 Å². The van der Waals surface area contributed by atoms with E-state index in [1.807, 2.05) is 49.4 Å². The smallest absolute Gasteiger partial charge is 0.262 e. The third kappa shape index (κ3) is 4.31. The number of nitrogens with zero attached hydrogens (tertiary/aromatic N) is 1. The van der Waals surface area contributed by atoms with Gasteiger partial charge in [-0.3, -0.25) is 4.79 Å². The monoisotopic (exact) mass is 507 g/mol. The first-order chi connectivity index (χ1) is 14.5. The number of hydrogen-bond donors (Lipinski definition) is 2. The van der Waals surface area contributed by atoms with Crippen LogP contribution in [0.3, 0.4) is 0 Å². The number of nitrogens with one attached hydrogen (secondary N) is 2. The Kier molecular flexibility index (Phi) is 5.99. The summed E-state index contributed by atoms with van der Waals surface area (Å²) in [6, 6.07) is 24.2. The maximum atomic E-state index is 12.5. The fourth-order valence-electron chi connectivity index (χ4n) is 3.50. The van der Waals surface area contributed by atoms with Crippen LogP contribution in [0, 0.1) is 10.5 Å². The Labute approximate surface area is 189 Å². The van der Waals surface area contributed by atoms with Gasteiger partial charge in [0.15, 0.2) is 0 Å². The van der Waals surface area contributed by atoms with Crippen molar-refractivity contribution in [1.29, 1.82) is 0 Å². The minimum absolute atomic E-state index is 0.188. The maximum absolute atomic E-state index is 12.5. The number of halogens is 1. The number of rotatable bonds is 5. The van der Waals surface area contributed by atoms with E-state index in [1.54, 1.807) is 6.21 Å². The van der Waals surface area contributed by atoms with Crippen molar-refractivity contribution < 1.29 is 4.79 Å². The number of benzene rings is 4. The molecule has 1 unspecified atom stereocenters. The maximum Gasteiger partial charge on any atom is 0.262 e. The van der Waals surface area contributed by atoms with Crippen LogP contribution in [0.25, 0.3) is 21.5 Å². The Morgan fingerprint density at radius 1 is 0.967 bits per heavy atom. The molecule has 0 saturated heterocycles. The molecule has 4 aromatic rings. The second kappa shape index (κ2) is 8.83. The highest BCUT2D eigenvalue weighted by Gasteiger charge is 2.12. The molecule has 4 aromatic carbocycles. The standard InChI is InChI=1S/C25H22IN3O/c1-16-13-20(11-12-24(16)26)28-17(2)25(30)29-27-15-23-21-9-5-3-7-18(21)14-19-8-4-6-10-22(19)23/h3-15,17,28H,1-2H3,(H,29,30)/b27-15+. The molecule has 0 radical (unpaired) electrons. The summed E-state index contributed by atoms with van der Waals surface area (Å²) < 4.78 is 1.20. The molecule has 0 saturated carbocycles. The number of anilines is 1. The summed E-state index contributed by atoms with van der Waals surface area (Å²) in [6.07, 6.45) is 1.74. The van der Waals surface area contributed by atoms with Crippen LogP contribution in [0.2, 0.25) is 0 Å². The Hall–Kier alpha value is -2.93. The summed E-state index contributed by atoms with van der Waals surface area (Å²) in [7, 11) is 0. The number of carbonyl (C=O) groups is 1. The molecule has 1 amide bonds. The summed E-state index contributed by atoms with van der Waals surface area (Å²) in [6.45, 7) is 3.88. The van der Waals surface area contributed by atoms with E-state index in [0.29, 0.717) is 0 Å². The van der Waals surface area contributed by atoms with Crippen LogP contribution in [0.15, 0.2) is 77.9 Å². The average molecular weight is 507 g/mol. The van der Waals surface area contributed by atoms with Crippen molar-refractivity contribution in [2.75, 3.05) is 5.32 Å². The number of hydrazone groups is 1. The third-order valence-corrected chi connectivity index (χ3v) is 6.33. The first-order valence-electron chi connectivity index (χ1n) is 9.79. The normalized spacial score (nSPS) is 12.4. The van der Waals surface area contributed by atoms with Crippen LogP contribution >= 0.6 is 22.6 Å². The van der Waals surface area contributed by atoms with Gasteiger partial charge in [0.2, 0.25) is 0 Å². The van der Waals surface area contributed by atoms with Crippen LogP contribution in [-0.2, 0) is 4.79 Å². The van der Waals surface area contributed by atoms with Crippen LogP contribution in [0.1, 0.15) is 18.1 Å². The Morgan fingerprint density at radius 3 is 2.23 bits per heavy atom. The molecule has 4 nitrogen and oxygen atoms in total. The highest BCUT2D eigenvalue weighted by atomic mass is 127. The molecule has 0 heterocycles. The first kappa shape index (κ1) is 20.3. The number of carbonyl (C=O) groups excluding carboxylic acids is 1. The molecule has 1 atom stereocenters. The Morgan fingerprint density at radius 2 is 1.60 bits per heavy atom. The van der Waals surface area contributed by atoms with Gasteiger partial charge >= 0.3 is 0 Å². The van der Waals surface area contributed by atoms with Crippen molar-refractivity contribution in [2.45, 2.75) is 19.9 Å². The molecule has 0 aliphatic carbocycles. The molecule has 0 spiro atoms. The second-order valence-electron chi connectivity index (χ2n) is 7.30. The van der Waals surface area contributed by atoms with Crippen molar-refractivity contribution in [2.24, 2.45) is 5.10 Å². The van der Waals surface area contributed by atoms with E-state index in [1.165, 1.54) is 9.13 Å². The zero-order chi connectivity index (χ0) is 21.1. The van der Waals surface area contributed by atoms with Gasteiger partial charge in [0.25, 0.3) is 5.91 Å². The molecule has 2 N–H and O–H groups in total. The molecule has 0 aliphatic rings. The molecule has 30 heavy (non-hydrogen) atoms. The lowest BCUT2D eigenvalue weighted by Crippen LogP contribution is -2.34. The summed E-state index contributed by atoms with van der Waals surface area (Å²) in [4.78, 5) is 12.5. The van der Waals surface area contributed by atoms with Gasteiger partial charge in [-0.15, -0.1) is 0 Å². The van der Waals surface area contributed by atoms with E-state index < -0.39 is 6.04 Å². The lowest BCUT2D eigenvalue weighted by atomic mass is 9.97. The Balaban J connectivity index is 1.54. The minimum Gasteiger partial charge on any atom is -0.374 e. The molecular formula is C25H22IN3O. The van der Waals surface area contributed by atoms with Gasteiger partial charge in [0.1, 0.15) is 6.04 Å².